The van der Waals surface area contributed by atoms with Gasteiger partial charge in [0.05, 0.1) is 12.5 Å². The Kier molecular flexibility index (Phi) is 8.48. The summed E-state index contributed by atoms with van der Waals surface area (Å²) in [4.78, 5) is 23.6. The third-order valence-corrected chi connectivity index (χ3v) is 4.01. The molecule has 0 aromatic heterocycles. The Bertz CT molecular complexity index is 558. The van der Waals surface area contributed by atoms with Gasteiger partial charge in [0.25, 0.3) is 0 Å². The van der Waals surface area contributed by atoms with E-state index in [1.165, 1.54) is 13.8 Å². The summed E-state index contributed by atoms with van der Waals surface area (Å²) in [6.45, 7) is 3.42. The van der Waals surface area contributed by atoms with Gasteiger partial charge < -0.3 is 18.8 Å². The van der Waals surface area contributed by atoms with Gasteiger partial charge >= 0.3 is 23.0 Å². The van der Waals surface area contributed by atoms with Crippen LogP contribution in [0.1, 0.15) is 41.5 Å². The smallest absolute Gasteiger partial charge is 0.379 e. The van der Waals surface area contributed by atoms with E-state index in [0.717, 1.165) is 14.0 Å². The van der Waals surface area contributed by atoms with E-state index < -0.39 is 45.1 Å². The van der Waals surface area contributed by atoms with E-state index in [4.69, 9.17) is 4.74 Å². The third-order valence-electron chi connectivity index (χ3n) is 3.16. The van der Waals surface area contributed by atoms with E-state index in [1.54, 1.807) is 6.92 Å². The first-order valence-electron chi connectivity index (χ1n) is 6.42. The Morgan fingerprint density at radius 1 is 1.12 bits per heavy atom. The number of carbonyl (C=O) groups is 2. The zero-order valence-corrected chi connectivity index (χ0v) is 14.2. The normalized spacial score (nSPS) is 15.0. The molecule has 0 N–H and O–H groups in total. The van der Waals surface area contributed by atoms with Crippen LogP contribution >= 0.6 is 0 Å². The maximum Gasteiger partial charge on any atom is 0.379 e. The molecule has 11 heteroatoms. The summed E-state index contributed by atoms with van der Waals surface area (Å²) in [5, 5.41) is -4.81. The quantitative estimate of drug-likeness (QED) is 0.356. The average Bonchev–Trinajstić information content (AvgIpc) is 2.42. The molecular formula is C13H23F2O8S-. The Morgan fingerprint density at radius 2 is 1.58 bits per heavy atom. The van der Waals surface area contributed by atoms with Crippen LogP contribution in [0, 0.1) is 5.41 Å². The minimum Gasteiger partial charge on any atom is -0.743 e. The van der Waals surface area contributed by atoms with Crippen LogP contribution in [0.2, 0.25) is 0 Å². The molecule has 0 aliphatic rings. The predicted octanol–water partition coefficient (Wildman–Crippen LogP) is 1.65. The van der Waals surface area contributed by atoms with E-state index in [1.807, 2.05) is 0 Å². The average molecular weight is 377 g/mol. The van der Waals surface area contributed by atoms with E-state index in [9.17, 15) is 31.3 Å². The van der Waals surface area contributed by atoms with E-state index in [0.29, 0.717) is 6.42 Å². The van der Waals surface area contributed by atoms with Crippen LogP contribution < -0.4 is 0 Å². The standard InChI is InChI=1S/C12H20F2O8S.CH4/c1-6-10(2,3)8(15)22-11(4,9(16)20-5)21-7-12(13,14)23(17,18)19;/h6-7H2,1-5H3,(H,17,18,19);1H4/p-1. The van der Waals surface area contributed by atoms with Crippen molar-refractivity contribution in [3.63, 3.8) is 0 Å². The molecule has 8 nitrogen and oxygen atoms in total. The fourth-order valence-electron chi connectivity index (χ4n) is 1.07. The maximum absolute atomic E-state index is 13.1. The molecule has 0 saturated carbocycles. The highest BCUT2D eigenvalue weighted by Gasteiger charge is 2.48. The van der Waals surface area contributed by atoms with Gasteiger partial charge in [-0.3, -0.25) is 4.79 Å². The van der Waals surface area contributed by atoms with Gasteiger partial charge in [0, 0.05) is 6.92 Å². The van der Waals surface area contributed by atoms with Crippen LogP contribution in [0.5, 0.6) is 0 Å². The number of carbonyl (C=O) groups excluding carboxylic acids is 2. The predicted molar refractivity (Wildman–Crippen MR) is 77.9 cm³/mol. The van der Waals surface area contributed by atoms with Crippen molar-refractivity contribution in [2.75, 3.05) is 13.7 Å². The highest BCUT2D eigenvalue weighted by atomic mass is 32.2. The molecule has 0 amide bonds. The molecule has 1 unspecified atom stereocenters. The van der Waals surface area contributed by atoms with Crippen LogP contribution in [0.25, 0.3) is 0 Å². The first-order valence-corrected chi connectivity index (χ1v) is 7.83. The van der Waals surface area contributed by atoms with Gasteiger partial charge in [-0.25, -0.2) is 13.2 Å². The molecule has 24 heavy (non-hydrogen) atoms. The van der Waals surface area contributed by atoms with Crippen LogP contribution in [0.4, 0.5) is 8.78 Å². The second-order valence-electron chi connectivity index (χ2n) is 5.44. The monoisotopic (exact) mass is 377 g/mol. The van der Waals surface area contributed by atoms with E-state index in [-0.39, 0.29) is 7.43 Å². The number of esters is 2. The number of alkyl halides is 2. The fourth-order valence-corrected chi connectivity index (χ4v) is 1.27. The van der Waals surface area contributed by atoms with Crippen molar-refractivity contribution >= 4 is 22.1 Å². The highest BCUT2D eigenvalue weighted by molar-refractivity contribution is 7.86. The summed E-state index contributed by atoms with van der Waals surface area (Å²) in [6, 6.07) is 0. The molecule has 0 radical (unpaired) electrons. The van der Waals surface area contributed by atoms with Crippen LogP contribution in [-0.4, -0.2) is 49.7 Å². The number of hydrogen-bond donors (Lipinski definition) is 0. The lowest BCUT2D eigenvalue weighted by Gasteiger charge is -2.32. The molecule has 1 atom stereocenters. The maximum atomic E-state index is 13.1. The largest absolute Gasteiger partial charge is 0.743 e. The molecule has 0 saturated heterocycles. The van der Waals surface area contributed by atoms with Gasteiger partial charge in [-0.05, 0) is 20.3 Å². The zero-order valence-electron chi connectivity index (χ0n) is 13.3. The summed E-state index contributed by atoms with van der Waals surface area (Å²) in [7, 11) is -5.14. The van der Waals surface area contributed by atoms with Crippen molar-refractivity contribution < 1.29 is 45.6 Å². The topological polar surface area (TPSA) is 119 Å². The number of hydrogen-bond acceptors (Lipinski definition) is 8. The third kappa shape index (κ3) is 5.95. The van der Waals surface area contributed by atoms with Crippen LogP contribution in [-0.2, 0) is 33.9 Å². The van der Waals surface area contributed by atoms with Crippen molar-refractivity contribution in [3.05, 3.63) is 0 Å². The van der Waals surface area contributed by atoms with Crippen molar-refractivity contribution in [1.82, 2.24) is 0 Å². The molecule has 0 spiro atoms. The van der Waals surface area contributed by atoms with E-state index in [2.05, 4.69) is 9.47 Å². The van der Waals surface area contributed by atoms with E-state index >= 15 is 0 Å². The summed E-state index contributed by atoms with van der Waals surface area (Å²) in [5.74, 6) is -4.94. The lowest BCUT2D eigenvalue weighted by Crippen LogP contribution is -2.49. The lowest BCUT2D eigenvalue weighted by atomic mass is 9.90. The molecule has 0 aliphatic heterocycles. The Balaban J connectivity index is 0. The molecule has 144 valence electrons. The minimum atomic E-state index is -6.02. The summed E-state index contributed by atoms with van der Waals surface area (Å²) < 4.78 is 71.1. The summed E-state index contributed by atoms with van der Waals surface area (Å²) >= 11 is 0. The molecule has 0 heterocycles. The van der Waals surface area contributed by atoms with Gasteiger partial charge in [-0.2, -0.15) is 8.78 Å². The molecule has 0 aliphatic carbocycles. The van der Waals surface area contributed by atoms with Gasteiger partial charge in [-0.15, -0.1) is 0 Å². The van der Waals surface area contributed by atoms with Crippen LogP contribution in [0.3, 0.4) is 0 Å². The molecule has 0 rings (SSSR count). The van der Waals surface area contributed by atoms with Gasteiger partial charge in [0.1, 0.15) is 6.61 Å². The minimum absolute atomic E-state index is 0. The van der Waals surface area contributed by atoms with Gasteiger partial charge in [-0.1, -0.05) is 14.4 Å². The number of methoxy groups -OCH3 is 1. The lowest BCUT2D eigenvalue weighted by molar-refractivity contribution is -0.249. The molecule has 0 fully saturated rings. The van der Waals surface area contributed by atoms with Crippen molar-refractivity contribution in [2.45, 2.75) is 52.6 Å². The Morgan fingerprint density at radius 3 is 1.92 bits per heavy atom. The molecule has 0 aromatic carbocycles. The Labute approximate surface area is 140 Å². The molecule has 0 aromatic rings. The van der Waals surface area contributed by atoms with Gasteiger partial charge in [0.15, 0.2) is 10.1 Å². The second kappa shape index (κ2) is 8.17. The van der Waals surface area contributed by atoms with Crippen molar-refractivity contribution in [3.8, 4) is 0 Å². The SMILES string of the molecule is C.CCC(C)(C)C(=O)OC(C)(OCC(F)(F)S(=O)(=O)[O-])C(=O)OC. The molecule has 0 bridgehead atoms. The number of rotatable bonds is 8. The fraction of sp³-hybridized carbons (Fsp3) is 0.846. The van der Waals surface area contributed by atoms with Crippen molar-refractivity contribution in [2.24, 2.45) is 5.41 Å². The Hall–Kier alpha value is -1.33. The first-order chi connectivity index (χ1) is 10.1. The number of ether oxygens (including phenoxy) is 3. The first kappa shape index (κ1) is 24.9. The summed E-state index contributed by atoms with van der Waals surface area (Å²) in [6.07, 6.45) is 0.300. The highest BCUT2D eigenvalue weighted by Crippen LogP contribution is 2.29. The van der Waals surface area contributed by atoms with Gasteiger partial charge in [0.2, 0.25) is 0 Å². The second-order valence-corrected chi connectivity index (χ2v) is 6.95. The van der Waals surface area contributed by atoms with Crippen molar-refractivity contribution in [1.29, 1.82) is 0 Å². The number of halogens is 2. The molecular weight excluding hydrogens is 354 g/mol. The zero-order chi connectivity index (χ0) is 18.7. The summed E-state index contributed by atoms with van der Waals surface area (Å²) in [5.41, 5.74) is -1.06. The van der Waals surface area contributed by atoms with Crippen LogP contribution in [0.15, 0.2) is 0 Å².